The van der Waals surface area contributed by atoms with Crippen LogP contribution in [0.3, 0.4) is 0 Å². The third-order valence-corrected chi connectivity index (χ3v) is 3.25. The van der Waals surface area contributed by atoms with Crippen LogP contribution < -0.4 is 10.6 Å². The van der Waals surface area contributed by atoms with E-state index in [4.69, 9.17) is 5.73 Å². The normalized spacial score (nSPS) is 10.0. The Hall–Kier alpha value is -2.47. The van der Waals surface area contributed by atoms with Gasteiger partial charge in [-0.05, 0) is 42.3 Å². The fraction of sp³-hybridized carbons (Fsp3) is 0.235. The molecule has 0 saturated carbocycles. The largest absolute Gasteiger partial charge is 0.399 e. The molecular formula is C17H19N3. The minimum absolute atomic E-state index is 0.738. The molecule has 0 aromatic heterocycles. The Morgan fingerprint density at radius 2 is 1.80 bits per heavy atom. The van der Waals surface area contributed by atoms with Crippen LogP contribution in [0.15, 0.2) is 48.5 Å². The maximum Gasteiger partial charge on any atom is 0.0995 e. The van der Waals surface area contributed by atoms with E-state index in [-0.39, 0.29) is 0 Å². The zero-order chi connectivity index (χ0) is 14.4. The predicted octanol–water partition coefficient (Wildman–Crippen LogP) is 3.56. The molecule has 3 heteroatoms. The van der Waals surface area contributed by atoms with E-state index in [9.17, 15) is 5.26 Å². The first kappa shape index (κ1) is 14.0. The van der Waals surface area contributed by atoms with Crippen LogP contribution >= 0.6 is 0 Å². The molecule has 0 atom stereocenters. The monoisotopic (exact) mass is 265 g/mol. The molecule has 2 aromatic carbocycles. The second-order valence-corrected chi connectivity index (χ2v) is 4.78. The van der Waals surface area contributed by atoms with Gasteiger partial charge in [-0.3, -0.25) is 0 Å². The minimum Gasteiger partial charge on any atom is -0.399 e. The number of rotatable bonds is 5. The van der Waals surface area contributed by atoms with Crippen LogP contribution in [0.4, 0.5) is 11.4 Å². The Balaban J connectivity index is 2.26. The van der Waals surface area contributed by atoms with Crippen molar-refractivity contribution in [2.45, 2.75) is 19.9 Å². The minimum atomic E-state index is 0.738. The highest BCUT2D eigenvalue weighted by atomic mass is 15.1. The molecule has 0 aliphatic heterocycles. The number of anilines is 2. The molecular weight excluding hydrogens is 246 g/mol. The smallest absolute Gasteiger partial charge is 0.0995 e. The summed E-state index contributed by atoms with van der Waals surface area (Å²) in [4.78, 5) is 2.27. The topological polar surface area (TPSA) is 53.0 Å². The van der Waals surface area contributed by atoms with E-state index in [2.05, 4.69) is 17.9 Å². The SMILES string of the molecule is CCCN(Cc1ccccc1C#N)c1ccc(N)cc1. The summed E-state index contributed by atoms with van der Waals surface area (Å²) in [5.74, 6) is 0. The summed E-state index contributed by atoms with van der Waals surface area (Å²) in [5.41, 5.74) is 9.43. The number of nitrogen functional groups attached to an aromatic ring is 1. The van der Waals surface area contributed by atoms with E-state index < -0.39 is 0 Å². The molecule has 2 aromatic rings. The fourth-order valence-electron chi connectivity index (χ4n) is 2.23. The number of nitrogens with zero attached hydrogens (tertiary/aromatic N) is 2. The average Bonchev–Trinajstić information content (AvgIpc) is 2.48. The van der Waals surface area contributed by atoms with Gasteiger partial charge in [0.15, 0.2) is 0 Å². The Bertz CT molecular complexity index is 596. The fourth-order valence-corrected chi connectivity index (χ4v) is 2.23. The standard InChI is InChI=1S/C17H19N3/c1-2-11-20(17-9-7-16(19)8-10-17)13-15-6-4-3-5-14(15)12-18/h3-10H,2,11,13,19H2,1H3. The quantitative estimate of drug-likeness (QED) is 0.841. The zero-order valence-electron chi connectivity index (χ0n) is 11.7. The van der Waals surface area contributed by atoms with Gasteiger partial charge < -0.3 is 10.6 Å². The van der Waals surface area contributed by atoms with Crippen molar-refractivity contribution < 1.29 is 0 Å². The third-order valence-electron chi connectivity index (χ3n) is 3.25. The predicted molar refractivity (Wildman–Crippen MR) is 83.4 cm³/mol. The Labute approximate surface area is 120 Å². The molecule has 0 spiro atoms. The van der Waals surface area contributed by atoms with Gasteiger partial charge in [-0.15, -0.1) is 0 Å². The molecule has 0 unspecified atom stereocenters. The van der Waals surface area contributed by atoms with Crippen LogP contribution in [0, 0.1) is 11.3 Å². The molecule has 3 nitrogen and oxygen atoms in total. The summed E-state index contributed by atoms with van der Waals surface area (Å²) >= 11 is 0. The highest BCUT2D eigenvalue weighted by molar-refractivity contribution is 5.54. The van der Waals surface area contributed by atoms with E-state index >= 15 is 0 Å². The summed E-state index contributed by atoms with van der Waals surface area (Å²) < 4.78 is 0. The van der Waals surface area contributed by atoms with Gasteiger partial charge in [0.1, 0.15) is 0 Å². The summed E-state index contributed by atoms with van der Waals surface area (Å²) in [5, 5.41) is 9.18. The Kier molecular flexibility index (Phi) is 4.62. The summed E-state index contributed by atoms with van der Waals surface area (Å²) in [6, 6.07) is 17.9. The first-order chi connectivity index (χ1) is 9.74. The molecule has 0 fully saturated rings. The molecule has 0 bridgehead atoms. The number of hydrogen-bond acceptors (Lipinski definition) is 3. The van der Waals surface area contributed by atoms with Crippen molar-refractivity contribution in [3.05, 3.63) is 59.7 Å². The molecule has 0 saturated heterocycles. The maximum atomic E-state index is 9.18. The number of nitriles is 1. The van der Waals surface area contributed by atoms with Gasteiger partial charge in [0, 0.05) is 24.5 Å². The van der Waals surface area contributed by atoms with Crippen LogP contribution in [0.5, 0.6) is 0 Å². The van der Waals surface area contributed by atoms with Crippen LogP contribution in [0.1, 0.15) is 24.5 Å². The average molecular weight is 265 g/mol. The summed E-state index contributed by atoms with van der Waals surface area (Å²) in [7, 11) is 0. The number of nitrogens with two attached hydrogens (primary N) is 1. The third kappa shape index (κ3) is 3.30. The van der Waals surface area contributed by atoms with Gasteiger partial charge in [0.05, 0.1) is 11.6 Å². The zero-order valence-corrected chi connectivity index (χ0v) is 11.7. The first-order valence-electron chi connectivity index (χ1n) is 6.83. The summed E-state index contributed by atoms with van der Waals surface area (Å²) in [6.45, 7) is 3.84. The molecule has 0 radical (unpaired) electrons. The van der Waals surface area contributed by atoms with Gasteiger partial charge in [-0.2, -0.15) is 5.26 Å². The van der Waals surface area contributed by atoms with Gasteiger partial charge in [0.25, 0.3) is 0 Å². The van der Waals surface area contributed by atoms with E-state index in [1.54, 1.807) is 0 Å². The van der Waals surface area contributed by atoms with Crippen LogP contribution in [-0.2, 0) is 6.54 Å². The highest BCUT2D eigenvalue weighted by Crippen LogP contribution is 2.20. The van der Waals surface area contributed by atoms with Crippen molar-refractivity contribution in [3.63, 3.8) is 0 Å². The first-order valence-corrected chi connectivity index (χ1v) is 6.83. The molecule has 0 aliphatic rings. The second kappa shape index (κ2) is 6.63. The lowest BCUT2D eigenvalue weighted by Crippen LogP contribution is -2.23. The lowest BCUT2D eigenvalue weighted by atomic mass is 10.1. The van der Waals surface area contributed by atoms with E-state index in [0.717, 1.165) is 42.0 Å². The maximum absolute atomic E-state index is 9.18. The molecule has 0 amide bonds. The highest BCUT2D eigenvalue weighted by Gasteiger charge is 2.09. The van der Waals surface area contributed by atoms with Crippen molar-refractivity contribution in [1.29, 1.82) is 5.26 Å². The summed E-state index contributed by atoms with van der Waals surface area (Å²) in [6.07, 6.45) is 1.05. The molecule has 2 N–H and O–H groups in total. The molecule has 0 heterocycles. The van der Waals surface area contributed by atoms with Crippen molar-refractivity contribution >= 4 is 11.4 Å². The van der Waals surface area contributed by atoms with Gasteiger partial charge >= 0.3 is 0 Å². The number of hydrogen-bond donors (Lipinski definition) is 1. The van der Waals surface area contributed by atoms with Crippen molar-refractivity contribution in [2.75, 3.05) is 17.2 Å². The van der Waals surface area contributed by atoms with Crippen LogP contribution in [0.25, 0.3) is 0 Å². The van der Waals surface area contributed by atoms with Crippen molar-refractivity contribution in [1.82, 2.24) is 0 Å². The van der Waals surface area contributed by atoms with Crippen molar-refractivity contribution in [2.24, 2.45) is 0 Å². The van der Waals surface area contributed by atoms with E-state index in [0.29, 0.717) is 0 Å². The van der Waals surface area contributed by atoms with Gasteiger partial charge in [-0.25, -0.2) is 0 Å². The van der Waals surface area contributed by atoms with Gasteiger partial charge in [-0.1, -0.05) is 25.1 Å². The molecule has 0 aliphatic carbocycles. The van der Waals surface area contributed by atoms with Crippen LogP contribution in [0.2, 0.25) is 0 Å². The van der Waals surface area contributed by atoms with Crippen molar-refractivity contribution in [3.8, 4) is 6.07 Å². The van der Waals surface area contributed by atoms with E-state index in [1.165, 1.54) is 0 Å². The van der Waals surface area contributed by atoms with Gasteiger partial charge in [0.2, 0.25) is 0 Å². The number of benzene rings is 2. The van der Waals surface area contributed by atoms with Crippen LogP contribution in [-0.4, -0.2) is 6.54 Å². The molecule has 20 heavy (non-hydrogen) atoms. The lowest BCUT2D eigenvalue weighted by Gasteiger charge is -2.25. The Morgan fingerprint density at radius 1 is 1.10 bits per heavy atom. The Morgan fingerprint density at radius 3 is 2.45 bits per heavy atom. The molecule has 102 valence electrons. The lowest BCUT2D eigenvalue weighted by molar-refractivity contribution is 0.766. The molecule has 2 rings (SSSR count). The second-order valence-electron chi connectivity index (χ2n) is 4.78. The van der Waals surface area contributed by atoms with E-state index in [1.807, 2.05) is 48.5 Å².